The number of rotatable bonds is 2. The van der Waals surface area contributed by atoms with Gasteiger partial charge in [0.15, 0.2) is 5.82 Å². The summed E-state index contributed by atoms with van der Waals surface area (Å²) in [6.07, 6.45) is 1.19. The van der Waals surface area contributed by atoms with Gasteiger partial charge in [0.1, 0.15) is 17.4 Å². The van der Waals surface area contributed by atoms with E-state index < -0.39 is 0 Å². The number of benzene rings is 2. The van der Waals surface area contributed by atoms with Gasteiger partial charge < -0.3 is 4.90 Å². The molecule has 0 radical (unpaired) electrons. The lowest BCUT2D eigenvalue weighted by molar-refractivity contribution is -0.118. The summed E-state index contributed by atoms with van der Waals surface area (Å²) < 4.78 is 2.03. The summed E-state index contributed by atoms with van der Waals surface area (Å²) in [4.78, 5) is 20.1. The maximum Gasteiger partial charge on any atom is 0.228 e. The number of carbonyl (C=O) groups excluding carboxylic acids is 1. The second-order valence-electron chi connectivity index (χ2n) is 8.53. The van der Waals surface area contributed by atoms with Crippen LogP contribution in [0.1, 0.15) is 39.6 Å². The summed E-state index contributed by atoms with van der Waals surface area (Å²) in [5.74, 6) is 8.08. The average Bonchev–Trinajstić information content (AvgIpc) is 3.40. The van der Waals surface area contributed by atoms with Crippen LogP contribution < -0.4 is 4.90 Å². The number of aryl methyl sites for hydroxylation is 2. The summed E-state index contributed by atoms with van der Waals surface area (Å²) in [7, 11) is 0. The van der Waals surface area contributed by atoms with E-state index in [4.69, 9.17) is 28.2 Å². The lowest BCUT2D eigenvalue weighted by Gasteiger charge is -2.27. The van der Waals surface area contributed by atoms with Crippen LogP contribution in [-0.2, 0) is 17.8 Å². The van der Waals surface area contributed by atoms with Gasteiger partial charge in [-0.2, -0.15) is 0 Å². The molecule has 2 aromatic heterocycles. The summed E-state index contributed by atoms with van der Waals surface area (Å²) in [6, 6.07) is 15.4. The van der Waals surface area contributed by atoms with E-state index in [1.54, 1.807) is 16.2 Å². The fraction of sp³-hybridized carbons (Fsp3) is 0.185. The van der Waals surface area contributed by atoms with Crippen LogP contribution in [0.25, 0.3) is 5.00 Å². The number of anilines is 1. The molecule has 0 saturated heterocycles. The Kier molecular flexibility index (Phi) is 5.88. The monoisotopic (exact) mass is 531 g/mol. The number of carbonyl (C=O) groups is 1. The summed E-state index contributed by atoms with van der Waals surface area (Å²) >= 11 is 14.3. The van der Waals surface area contributed by atoms with Crippen molar-refractivity contribution >= 4 is 51.8 Å². The van der Waals surface area contributed by atoms with E-state index in [0.29, 0.717) is 23.0 Å². The molecule has 36 heavy (non-hydrogen) atoms. The molecule has 2 aliphatic heterocycles. The van der Waals surface area contributed by atoms with Crippen molar-refractivity contribution in [1.29, 1.82) is 0 Å². The minimum atomic E-state index is 0.0546. The number of aliphatic imine (C=N–C) groups is 1. The molecule has 4 heterocycles. The first kappa shape index (κ1) is 23.0. The number of amides is 1. The average molecular weight is 532 g/mol. The Morgan fingerprint density at radius 2 is 1.92 bits per heavy atom. The molecule has 9 heteroatoms. The first-order valence-corrected chi connectivity index (χ1v) is 13.0. The highest BCUT2D eigenvalue weighted by Gasteiger charge is 2.26. The van der Waals surface area contributed by atoms with E-state index in [9.17, 15) is 4.79 Å². The molecule has 0 bridgehead atoms. The molecule has 2 aliphatic rings. The van der Waals surface area contributed by atoms with Gasteiger partial charge in [0.25, 0.3) is 0 Å². The van der Waals surface area contributed by atoms with Crippen LogP contribution in [0.2, 0.25) is 10.0 Å². The predicted octanol–water partition coefficient (Wildman–Crippen LogP) is 5.63. The van der Waals surface area contributed by atoms with Crippen LogP contribution in [0.15, 0.2) is 53.5 Å². The standard InChI is InChI=1S/C27H19Cl2N5OS/c1-16-31-32-24-15-30-26(20-6-2-3-7-22(20)29)21-14-19(36-27(21)34(16)24)5-4-12-33-23-13-18(28)10-8-17(23)9-11-25(33)35/h2-3,6-8,10,13-14H,9,11-12,15H2,1H3. The Bertz CT molecular complexity index is 1620. The number of fused-ring (bicyclic) bond motifs is 4. The van der Waals surface area contributed by atoms with E-state index in [1.807, 2.05) is 60.0 Å². The molecule has 0 atom stereocenters. The largest absolute Gasteiger partial charge is 0.300 e. The Hall–Kier alpha value is -3.44. The third-order valence-electron chi connectivity index (χ3n) is 6.27. The second kappa shape index (κ2) is 9.21. The maximum absolute atomic E-state index is 12.7. The molecule has 0 fully saturated rings. The zero-order chi connectivity index (χ0) is 24.8. The first-order valence-electron chi connectivity index (χ1n) is 11.4. The highest BCUT2D eigenvalue weighted by molar-refractivity contribution is 7.15. The first-order chi connectivity index (χ1) is 17.5. The zero-order valence-electron chi connectivity index (χ0n) is 19.3. The third kappa shape index (κ3) is 4.01. The highest BCUT2D eigenvalue weighted by atomic mass is 35.5. The molecule has 0 unspecified atom stereocenters. The lowest BCUT2D eigenvalue weighted by Crippen LogP contribution is -2.35. The van der Waals surface area contributed by atoms with Crippen molar-refractivity contribution in [1.82, 2.24) is 14.8 Å². The van der Waals surface area contributed by atoms with Crippen molar-refractivity contribution in [2.24, 2.45) is 4.99 Å². The molecule has 6 nitrogen and oxygen atoms in total. The van der Waals surface area contributed by atoms with E-state index in [-0.39, 0.29) is 12.5 Å². The molecule has 6 rings (SSSR count). The zero-order valence-corrected chi connectivity index (χ0v) is 21.6. The minimum absolute atomic E-state index is 0.0546. The lowest BCUT2D eigenvalue weighted by atomic mass is 10.0. The summed E-state index contributed by atoms with van der Waals surface area (Å²) in [5, 5.41) is 10.8. The van der Waals surface area contributed by atoms with E-state index in [1.165, 1.54) is 0 Å². The van der Waals surface area contributed by atoms with Crippen molar-refractivity contribution in [2.75, 3.05) is 11.4 Å². The fourth-order valence-electron chi connectivity index (χ4n) is 4.56. The Labute approximate surface area is 222 Å². The summed E-state index contributed by atoms with van der Waals surface area (Å²) in [6.45, 7) is 2.62. The van der Waals surface area contributed by atoms with Crippen LogP contribution >= 0.6 is 34.5 Å². The topological polar surface area (TPSA) is 63.4 Å². The van der Waals surface area contributed by atoms with Crippen LogP contribution in [0.4, 0.5) is 5.69 Å². The maximum atomic E-state index is 12.7. The SMILES string of the molecule is Cc1nnc2n1-c1sc(C#CCN3C(=O)CCc4ccc(Cl)cc43)cc1C(c1ccccc1Cl)=NC2. The predicted molar refractivity (Wildman–Crippen MR) is 144 cm³/mol. The molecule has 178 valence electrons. The van der Waals surface area contributed by atoms with Crippen LogP contribution in [0, 0.1) is 18.8 Å². The smallest absolute Gasteiger partial charge is 0.228 e. The van der Waals surface area contributed by atoms with Gasteiger partial charge in [0.2, 0.25) is 5.91 Å². The van der Waals surface area contributed by atoms with Crippen molar-refractivity contribution in [3.8, 4) is 16.8 Å². The van der Waals surface area contributed by atoms with Crippen molar-refractivity contribution < 1.29 is 4.79 Å². The number of hydrogen-bond acceptors (Lipinski definition) is 5. The Morgan fingerprint density at radius 1 is 1.06 bits per heavy atom. The van der Waals surface area contributed by atoms with Crippen LogP contribution in [-0.4, -0.2) is 32.9 Å². The highest BCUT2D eigenvalue weighted by Crippen LogP contribution is 2.34. The molecule has 2 aromatic carbocycles. The Balaban J connectivity index is 1.39. The van der Waals surface area contributed by atoms with Gasteiger partial charge in [0, 0.05) is 33.3 Å². The van der Waals surface area contributed by atoms with E-state index in [0.717, 1.165) is 56.0 Å². The van der Waals surface area contributed by atoms with Crippen molar-refractivity contribution in [2.45, 2.75) is 26.3 Å². The normalized spacial score (nSPS) is 14.2. The van der Waals surface area contributed by atoms with Crippen molar-refractivity contribution in [3.63, 3.8) is 0 Å². The van der Waals surface area contributed by atoms with Crippen LogP contribution in [0.3, 0.4) is 0 Å². The fourth-order valence-corrected chi connectivity index (χ4v) is 6.05. The number of nitrogens with zero attached hydrogens (tertiary/aromatic N) is 5. The Morgan fingerprint density at radius 3 is 2.78 bits per heavy atom. The van der Waals surface area contributed by atoms with E-state index >= 15 is 0 Å². The molecular weight excluding hydrogens is 513 g/mol. The minimum Gasteiger partial charge on any atom is -0.300 e. The molecule has 0 saturated carbocycles. The number of halogens is 2. The molecule has 1 amide bonds. The summed E-state index contributed by atoms with van der Waals surface area (Å²) in [5.41, 5.74) is 4.55. The molecule has 0 N–H and O–H groups in total. The van der Waals surface area contributed by atoms with Gasteiger partial charge in [-0.1, -0.05) is 59.3 Å². The quantitative estimate of drug-likeness (QED) is 0.315. The molecular formula is C27H19Cl2N5OS. The van der Waals surface area contributed by atoms with Crippen LogP contribution in [0.5, 0.6) is 0 Å². The van der Waals surface area contributed by atoms with Gasteiger partial charge in [-0.25, -0.2) is 0 Å². The van der Waals surface area contributed by atoms with Gasteiger partial charge in [-0.3, -0.25) is 14.4 Å². The third-order valence-corrected chi connectivity index (χ3v) is 7.87. The van der Waals surface area contributed by atoms with Gasteiger partial charge in [0.05, 0.1) is 17.1 Å². The number of thiophene rings is 1. The second-order valence-corrected chi connectivity index (χ2v) is 10.4. The molecule has 0 aliphatic carbocycles. The van der Waals surface area contributed by atoms with E-state index in [2.05, 4.69) is 22.0 Å². The number of aromatic nitrogens is 3. The molecule has 4 aromatic rings. The van der Waals surface area contributed by atoms with Gasteiger partial charge in [-0.05, 0) is 43.2 Å². The van der Waals surface area contributed by atoms with Gasteiger partial charge >= 0.3 is 0 Å². The number of hydrogen-bond donors (Lipinski definition) is 0. The van der Waals surface area contributed by atoms with Gasteiger partial charge in [-0.15, -0.1) is 21.5 Å². The molecule has 0 spiro atoms. The van der Waals surface area contributed by atoms with Crippen molar-refractivity contribution in [3.05, 3.63) is 91.8 Å².